The number of anilines is 1. The molecule has 1 rings (SSSR count). The van der Waals surface area contributed by atoms with Crippen LogP contribution in [-0.2, 0) is 14.6 Å². The van der Waals surface area contributed by atoms with Crippen molar-refractivity contribution in [3.05, 3.63) is 24.3 Å². The highest BCUT2D eigenvalue weighted by molar-refractivity contribution is 7.91. The molecule has 0 fully saturated rings. The molecule has 1 amide bonds. The van der Waals surface area contributed by atoms with Gasteiger partial charge in [-0.15, -0.1) is 12.3 Å². The number of terminal acetylenes is 1. The van der Waals surface area contributed by atoms with Crippen LogP contribution in [0.25, 0.3) is 0 Å². The van der Waals surface area contributed by atoms with Crippen molar-refractivity contribution in [2.75, 3.05) is 5.32 Å². The molecule has 1 unspecified atom stereocenters. The summed E-state index contributed by atoms with van der Waals surface area (Å²) in [4.78, 5) is 11.0. The van der Waals surface area contributed by atoms with E-state index in [9.17, 15) is 22.0 Å². The molecule has 3 N–H and O–H groups in total. The lowest BCUT2D eigenvalue weighted by atomic mass is 10.2. The highest BCUT2D eigenvalue weighted by Gasteiger charge is 2.26. The lowest BCUT2D eigenvalue weighted by Gasteiger charge is -2.10. The largest absolute Gasteiger partial charge is 0.341 e. The lowest BCUT2D eigenvalue weighted by molar-refractivity contribution is -0.117. The van der Waals surface area contributed by atoms with Gasteiger partial charge in [-0.1, -0.05) is 0 Å². The van der Waals surface area contributed by atoms with E-state index in [1.54, 1.807) is 0 Å². The summed E-state index contributed by atoms with van der Waals surface area (Å²) in [5, 5.41) is 2.39. The second kappa shape index (κ2) is 6.45. The number of alkyl halides is 2. The standard InChI is InChI=1S/C12H12F2N2O3S/c1-2-3-10(15)11(17)16-8-4-6-9(7-5-8)20(18,19)12(13)14/h1,4-7,10,12H,3,15H2,(H,16,17). The molecule has 0 aliphatic heterocycles. The highest BCUT2D eigenvalue weighted by Crippen LogP contribution is 2.20. The fourth-order valence-corrected chi connectivity index (χ4v) is 2.01. The van der Waals surface area contributed by atoms with E-state index < -0.39 is 32.4 Å². The van der Waals surface area contributed by atoms with E-state index in [0.29, 0.717) is 0 Å². The Morgan fingerprint density at radius 1 is 1.35 bits per heavy atom. The Bertz CT molecular complexity index is 621. The van der Waals surface area contributed by atoms with Gasteiger partial charge >= 0.3 is 5.76 Å². The van der Waals surface area contributed by atoms with Crippen LogP contribution in [0.15, 0.2) is 29.2 Å². The smallest absolute Gasteiger partial charge is 0.325 e. The van der Waals surface area contributed by atoms with E-state index >= 15 is 0 Å². The van der Waals surface area contributed by atoms with Crippen LogP contribution in [0.4, 0.5) is 14.5 Å². The Labute approximate surface area is 115 Å². The Hall–Kier alpha value is -1.98. The molecule has 0 aliphatic rings. The molecule has 1 atom stereocenters. The summed E-state index contributed by atoms with van der Waals surface area (Å²) in [5.41, 5.74) is 5.70. The maximum atomic E-state index is 12.3. The average molecular weight is 302 g/mol. The first-order valence-electron chi connectivity index (χ1n) is 5.41. The second-order valence-corrected chi connectivity index (χ2v) is 5.75. The summed E-state index contributed by atoms with van der Waals surface area (Å²) < 4.78 is 47.0. The van der Waals surface area contributed by atoms with Gasteiger partial charge in [0.15, 0.2) is 0 Å². The van der Waals surface area contributed by atoms with Gasteiger partial charge in [-0.2, -0.15) is 8.78 Å². The summed E-state index contributed by atoms with van der Waals surface area (Å²) in [6, 6.07) is 3.43. The predicted molar refractivity (Wildman–Crippen MR) is 69.7 cm³/mol. The van der Waals surface area contributed by atoms with Crippen LogP contribution < -0.4 is 11.1 Å². The predicted octanol–water partition coefficient (Wildman–Crippen LogP) is 0.972. The molecule has 0 radical (unpaired) electrons. The topological polar surface area (TPSA) is 89.3 Å². The zero-order valence-corrected chi connectivity index (χ0v) is 11.0. The van der Waals surface area contributed by atoms with Gasteiger partial charge in [0.1, 0.15) is 0 Å². The van der Waals surface area contributed by atoms with Crippen LogP contribution in [0.1, 0.15) is 6.42 Å². The van der Waals surface area contributed by atoms with Crippen molar-refractivity contribution in [3.63, 3.8) is 0 Å². The normalized spacial score (nSPS) is 12.8. The summed E-state index contributed by atoms with van der Waals surface area (Å²) in [6.45, 7) is 0. The maximum absolute atomic E-state index is 12.3. The number of carbonyl (C=O) groups excluding carboxylic acids is 1. The first-order valence-corrected chi connectivity index (χ1v) is 6.95. The molecule has 8 heteroatoms. The van der Waals surface area contributed by atoms with Gasteiger partial charge in [0.25, 0.3) is 0 Å². The Morgan fingerprint density at radius 3 is 2.35 bits per heavy atom. The third kappa shape index (κ3) is 3.76. The molecular weight excluding hydrogens is 290 g/mol. The van der Waals surface area contributed by atoms with Gasteiger partial charge in [-0.3, -0.25) is 4.79 Å². The number of rotatable bonds is 5. The van der Waals surface area contributed by atoms with Crippen molar-refractivity contribution >= 4 is 21.4 Å². The first-order chi connectivity index (χ1) is 9.28. The van der Waals surface area contributed by atoms with Gasteiger partial charge in [0.05, 0.1) is 10.9 Å². The van der Waals surface area contributed by atoms with Crippen molar-refractivity contribution in [3.8, 4) is 12.3 Å². The van der Waals surface area contributed by atoms with E-state index in [4.69, 9.17) is 12.2 Å². The molecule has 0 spiro atoms. The number of nitrogens with two attached hydrogens (primary N) is 1. The number of sulfone groups is 1. The fraction of sp³-hybridized carbons (Fsp3) is 0.250. The van der Waals surface area contributed by atoms with Crippen LogP contribution in [0.5, 0.6) is 0 Å². The van der Waals surface area contributed by atoms with Crippen LogP contribution in [-0.4, -0.2) is 26.1 Å². The fourth-order valence-electron chi connectivity index (χ4n) is 1.29. The van der Waals surface area contributed by atoms with Gasteiger partial charge in [-0.05, 0) is 24.3 Å². The summed E-state index contributed by atoms with van der Waals surface area (Å²) in [7, 11) is -4.64. The highest BCUT2D eigenvalue weighted by atomic mass is 32.2. The number of hydrogen-bond donors (Lipinski definition) is 2. The molecule has 0 aromatic heterocycles. The van der Waals surface area contributed by atoms with Gasteiger partial charge < -0.3 is 11.1 Å². The van der Waals surface area contributed by atoms with Crippen molar-refractivity contribution in [2.45, 2.75) is 23.1 Å². The molecule has 108 valence electrons. The molecule has 1 aromatic carbocycles. The summed E-state index contributed by atoms with van der Waals surface area (Å²) in [5.74, 6) is -1.82. The SMILES string of the molecule is C#CCC(N)C(=O)Nc1ccc(S(=O)(=O)C(F)F)cc1. The lowest BCUT2D eigenvalue weighted by Crippen LogP contribution is -2.35. The molecule has 5 nitrogen and oxygen atoms in total. The van der Waals surface area contributed by atoms with E-state index in [1.165, 1.54) is 12.1 Å². The molecule has 0 aliphatic carbocycles. The molecule has 0 saturated heterocycles. The van der Waals surface area contributed by atoms with E-state index in [1.807, 2.05) is 0 Å². The number of benzene rings is 1. The number of nitrogens with one attached hydrogen (secondary N) is 1. The molecule has 20 heavy (non-hydrogen) atoms. The van der Waals surface area contributed by atoms with Gasteiger partial charge in [0, 0.05) is 12.1 Å². The average Bonchev–Trinajstić information content (AvgIpc) is 2.39. The van der Waals surface area contributed by atoms with Crippen LogP contribution in [0.2, 0.25) is 0 Å². The number of carbonyl (C=O) groups is 1. The minimum Gasteiger partial charge on any atom is -0.325 e. The number of hydrogen-bond acceptors (Lipinski definition) is 4. The number of amides is 1. The zero-order chi connectivity index (χ0) is 15.3. The Balaban J connectivity index is 2.84. The molecular formula is C12H12F2N2O3S. The maximum Gasteiger partial charge on any atom is 0.341 e. The Morgan fingerprint density at radius 2 is 1.90 bits per heavy atom. The molecule has 1 aromatic rings. The van der Waals surface area contributed by atoms with Crippen molar-refractivity contribution < 1.29 is 22.0 Å². The first kappa shape index (κ1) is 16.1. The van der Waals surface area contributed by atoms with E-state index in [-0.39, 0.29) is 12.1 Å². The third-order valence-electron chi connectivity index (χ3n) is 2.36. The van der Waals surface area contributed by atoms with Crippen molar-refractivity contribution in [1.82, 2.24) is 0 Å². The Kier molecular flexibility index (Phi) is 5.19. The monoisotopic (exact) mass is 302 g/mol. The zero-order valence-electron chi connectivity index (χ0n) is 10.2. The van der Waals surface area contributed by atoms with Crippen LogP contribution in [0.3, 0.4) is 0 Å². The van der Waals surface area contributed by atoms with Gasteiger partial charge in [-0.25, -0.2) is 8.42 Å². The van der Waals surface area contributed by atoms with E-state index in [0.717, 1.165) is 12.1 Å². The quantitative estimate of drug-likeness (QED) is 0.793. The van der Waals surface area contributed by atoms with Gasteiger partial charge in [0.2, 0.25) is 15.7 Å². The minimum absolute atomic E-state index is 0.0453. The second-order valence-electron chi connectivity index (χ2n) is 3.83. The van der Waals surface area contributed by atoms with Crippen molar-refractivity contribution in [2.24, 2.45) is 5.73 Å². The van der Waals surface area contributed by atoms with Crippen molar-refractivity contribution in [1.29, 1.82) is 0 Å². The van der Waals surface area contributed by atoms with E-state index in [2.05, 4.69) is 11.2 Å². The van der Waals surface area contributed by atoms with Crippen LogP contribution >= 0.6 is 0 Å². The number of halogens is 2. The summed E-state index contributed by atoms with van der Waals surface area (Å²) in [6.07, 6.45) is 5.05. The van der Waals surface area contributed by atoms with Crippen LogP contribution in [0, 0.1) is 12.3 Å². The molecule has 0 bridgehead atoms. The summed E-state index contributed by atoms with van der Waals surface area (Å²) >= 11 is 0. The minimum atomic E-state index is -4.64. The molecule has 0 saturated carbocycles. The molecule has 0 heterocycles. The third-order valence-corrected chi connectivity index (χ3v) is 3.76.